The average Bonchev–Trinajstić information content (AvgIpc) is 3.12. The molecule has 2 aliphatic rings. The first kappa shape index (κ1) is 50.4. The summed E-state index contributed by atoms with van der Waals surface area (Å²) in [7, 11) is 0. The number of amides is 1. The molecule has 1 aromatic carbocycles. The number of aromatic hydroxyl groups is 1. The maximum atomic E-state index is 13.9. The number of halogens is 2. The summed E-state index contributed by atoms with van der Waals surface area (Å²) >= 11 is 0. The molecule has 1 fully saturated rings. The molecular weight excluding hydrogens is 747 g/mol. The zero-order chi connectivity index (χ0) is 44.1. The van der Waals surface area contributed by atoms with Crippen LogP contribution in [0.2, 0.25) is 0 Å². The lowest BCUT2D eigenvalue weighted by Gasteiger charge is -2.50. The van der Waals surface area contributed by atoms with Crippen molar-refractivity contribution in [3.8, 4) is 5.75 Å². The van der Waals surface area contributed by atoms with Gasteiger partial charge in [-0.05, 0) is 96.5 Å². The van der Waals surface area contributed by atoms with E-state index in [1.807, 2.05) is 41.5 Å². The third kappa shape index (κ3) is 16.1. The molecule has 2 aromatic rings. The summed E-state index contributed by atoms with van der Waals surface area (Å²) in [6.07, 6.45) is 2.25. The topological polar surface area (TPSA) is 159 Å². The second-order valence-electron chi connectivity index (χ2n) is 17.9. The van der Waals surface area contributed by atoms with Crippen LogP contribution >= 0.6 is 0 Å². The molecule has 1 aromatic heterocycles. The number of hydrogen-bond acceptors (Lipinski definition) is 10. The van der Waals surface area contributed by atoms with E-state index in [4.69, 9.17) is 10.5 Å². The number of esters is 1. The highest BCUT2D eigenvalue weighted by atomic mass is 19.1. The third-order valence-electron chi connectivity index (χ3n) is 9.87. The van der Waals surface area contributed by atoms with Crippen molar-refractivity contribution in [1.82, 2.24) is 25.0 Å². The molecule has 14 heteroatoms. The zero-order valence-corrected chi connectivity index (χ0v) is 37.1. The predicted octanol–water partition coefficient (Wildman–Crippen LogP) is 6.11. The van der Waals surface area contributed by atoms with E-state index in [1.165, 1.54) is 16.8 Å². The summed E-state index contributed by atoms with van der Waals surface area (Å²) in [6.45, 7) is 29.1. The molecule has 1 amide bonds. The second kappa shape index (κ2) is 23.2. The van der Waals surface area contributed by atoms with Gasteiger partial charge in [0.2, 0.25) is 5.43 Å². The molecule has 0 radical (unpaired) electrons. The fraction of sp³-hybridized carbons (Fsp3) is 0.682. The Hall–Kier alpha value is -3.72. The Morgan fingerprint density at radius 1 is 0.931 bits per heavy atom. The number of nitrogens with two attached hydrogens (primary N) is 1. The highest BCUT2D eigenvalue weighted by Gasteiger charge is 2.43. The molecule has 2 aliphatic heterocycles. The first-order valence-electron chi connectivity index (χ1n) is 20.8. The van der Waals surface area contributed by atoms with Gasteiger partial charge in [0, 0.05) is 56.3 Å². The maximum absolute atomic E-state index is 13.9. The van der Waals surface area contributed by atoms with E-state index in [-0.39, 0.29) is 59.4 Å². The van der Waals surface area contributed by atoms with Gasteiger partial charge in [0.05, 0.1) is 12.1 Å². The fourth-order valence-corrected chi connectivity index (χ4v) is 6.60. The van der Waals surface area contributed by atoms with E-state index in [1.54, 1.807) is 4.90 Å². The molecule has 4 atom stereocenters. The van der Waals surface area contributed by atoms with Crippen molar-refractivity contribution < 1.29 is 33.0 Å². The van der Waals surface area contributed by atoms with Crippen LogP contribution in [-0.2, 0) is 22.5 Å². The standard InChI is InChI=1S/C24H27F2N3O4.C13H27NO2.C7H18N2/c1-13(2)28-9-14(3)10-29-20(28)12-27-11-17(22(31)23(32)21(27)24(29)33)19(30)7-5-15-4-6-16(25)8-18(15)26;1-10(2)14-9-11(3)7-8-12(15)16-13(4,5)6;1-6(2)9-5-7(3)4-8/h4,6,8,11,13-14,20,32H,5,7,9-10,12H2,1-3H3;10-11,14H,7-9H2,1-6H3;6-7,9H,4-5,8H2,1-3H3/t14-,20?;11-;7-/m100/s1. The number of nitrogens with zero attached hydrogens (tertiary/aromatic N) is 3. The lowest BCUT2D eigenvalue weighted by molar-refractivity contribution is -0.155. The van der Waals surface area contributed by atoms with Crippen LogP contribution in [-0.4, -0.2) is 99.7 Å². The molecule has 0 saturated carbocycles. The number of nitrogens with one attached hydrogen (secondary N) is 2. The molecule has 0 aliphatic carbocycles. The Morgan fingerprint density at radius 3 is 2.07 bits per heavy atom. The van der Waals surface area contributed by atoms with Gasteiger partial charge in [0.15, 0.2) is 17.2 Å². The molecule has 12 nitrogen and oxygen atoms in total. The monoisotopic (exact) mass is 819 g/mol. The fourth-order valence-electron chi connectivity index (χ4n) is 6.60. The van der Waals surface area contributed by atoms with Gasteiger partial charge < -0.3 is 35.7 Å². The highest BCUT2D eigenvalue weighted by molar-refractivity contribution is 6.00. The summed E-state index contributed by atoms with van der Waals surface area (Å²) in [6, 6.07) is 4.36. The lowest BCUT2D eigenvalue weighted by Crippen LogP contribution is -2.64. The number of ether oxygens (including phenoxy) is 1. The number of aryl methyl sites for hydroxylation is 1. The Labute approximate surface area is 345 Å². The Morgan fingerprint density at radius 2 is 1.53 bits per heavy atom. The first-order valence-corrected chi connectivity index (χ1v) is 20.8. The van der Waals surface area contributed by atoms with Gasteiger partial charge in [-0.1, -0.05) is 54.5 Å². The van der Waals surface area contributed by atoms with Crippen molar-refractivity contribution in [3.05, 3.63) is 63.1 Å². The third-order valence-corrected chi connectivity index (χ3v) is 9.87. The molecule has 1 saturated heterocycles. The van der Waals surface area contributed by atoms with E-state index in [0.29, 0.717) is 43.4 Å². The van der Waals surface area contributed by atoms with Crippen LogP contribution in [0, 0.1) is 29.4 Å². The number of ketones is 1. The molecule has 328 valence electrons. The minimum Gasteiger partial charge on any atom is -0.503 e. The van der Waals surface area contributed by atoms with E-state index in [2.05, 4.69) is 57.1 Å². The van der Waals surface area contributed by atoms with Gasteiger partial charge in [-0.3, -0.25) is 24.1 Å². The maximum Gasteiger partial charge on any atom is 0.306 e. The van der Waals surface area contributed by atoms with Crippen molar-refractivity contribution in [2.45, 2.75) is 145 Å². The van der Waals surface area contributed by atoms with Crippen LogP contribution in [0.25, 0.3) is 0 Å². The van der Waals surface area contributed by atoms with Gasteiger partial charge in [-0.25, -0.2) is 8.78 Å². The second-order valence-corrected chi connectivity index (χ2v) is 17.9. The van der Waals surface area contributed by atoms with Gasteiger partial charge in [0.25, 0.3) is 5.91 Å². The lowest BCUT2D eigenvalue weighted by atomic mass is 9.99. The smallest absolute Gasteiger partial charge is 0.306 e. The molecule has 4 rings (SSSR count). The predicted molar refractivity (Wildman–Crippen MR) is 226 cm³/mol. The first-order chi connectivity index (χ1) is 26.9. The van der Waals surface area contributed by atoms with Crippen LogP contribution in [0.4, 0.5) is 8.78 Å². The summed E-state index contributed by atoms with van der Waals surface area (Å²) in [5.41, 5.74) is 3.93. The Balaban J connectivity index is 0.000000386. The van der Waals surface area contributed by atoms with Gasteiger partial charge in [0.1, 0.15) is 23.4 Å². The van der Waals surface area contributed by atoms with Crippen LogP contribution < -0.4 is 21.8 Å². The van der Waals surface area contributed by atoms with Crippen molar-refractivity contribution in [2.75, 3.05) is 32.7 Å². The quantitative estimate of drug-likeness (QED) is 0.122. The number of Topliss-reactive ketones (excluding diaryl/α,β-unsaturated/α-hetero) is 1. The molecule has 5 N–H and O–H groups in total. The molecular formula is C44H72F2N6O6. The zero-order valence-electron chi connectivity index (χ0n) is 37.1. The molecule has 1 unspecified atom stereocenters. The summed E-state index contributed by atoms with van der Waals surface area (Å²) in [5.74, 6) is -1.99. The van der Waals surface area contributed by atoms with Gasteiger partial charge in [-0.15, -0.1) is 0 Å². The van der Waals surface area contributed by atoms with Crippen LogP contribution in [0.15, 0.2) is 29.2 Å². The van der Waals surface area contributed by atoms with E-state index in [0.717, 1.165) is 44.7 Å². The van der Waals surface area contributed by atoms with Crippen LogP contribution in [0.5, 0.6) is 5.75 Å². The van der Waals surface area contributed by atoms with E-state index < -0.39 is 34.5 Å². The normalized spacial score (nSPS) is 17.8. The number of hydrogen-bond donors (Lipinski definition) is 4. The Kier molecular flexibility index (Phi) is 20.1. The van der Waals surface area contributed by atoms with Crippen molar-refractivity contribution in [3.63, 3.8) is 0 Å². The average molecular weight is 819 g/mol. The molecule has 0 spiro atoms. The number of aromatic nitrogens is 1. The summed E-state index contributed by atoms with van der Waals surface area (Å²) in [5, 5.41) is 17.3. The number of rotatable bonds is 15. The number of carbonyl (C=O) groups excluding carboxylic acids is 3. The minimum atomic E-state index is -0.914. The number of pyridine rings is 1. The minimum absolute atomic E-state index is 0.0265. The molecule has 58 heavy (non-hydrogen) atoms. The van der Waals surface area contributed by atoms with Crippen LogP contribution in [0.1, 0.15) is 129 Å². The van der Waals surface area contributed by atoms with E-state index in [9.17, 15) is 33.1 Å². The SMILES string of the molecule is CC(C)N1C[C@@H](C)CN2C(=O)c3c(O)c(=O)c(C(=O)CCc4ccc(F)cc4F)cn3CC21.CC(C)NC[C@@H](C)CCC(=O)OC(C)(C)C.CC(C)NC[C@@H](C)CN. The summed E-state index contributed by atoms with van der Waals surface area (Å²) in [4.78, 5) is 54.1. The number of benzene rings is 1. The largest absolute Gasteiger partial charge is 0.503 e. The van der Waals surface area contributed by atoms with Gasteiger partial charge >= 0.3 is 5.97 Å². The van der Waals surface area contributed by atoms with Crippen molar-refractivity contribution >= 4 is 17.7 Å². The van der Waals surface area contributed by atoms with Crippen LogP contribution in [0.3, 0.4) is 0 Å². The highest BCUT2D eigenvalue weighted by Crippen LogP contribution is 2.31. The van der Waals surface area contributed by atoms with Gasteiger partial charge in [-0.2, -0.15) is 0 Å². The number of fused-ring (bicyclic) bond motifs is 2. The summed E-state index contributed by atoms with van der Waals surface area (Å²) < 4.78 is 33.7. The van der Waals surface area contributed by atoms with Crippen molar-refractivity contribution in [1.29, 1.82) is 0 Å². The Bertz CT molecular complexity index is 1710. The number of carbonyl (C=O) groups is 3. The molecule has 3 heterocycles. The molecule has 0 bridgehead atoms. The van der Waals surface area contributed by atoms with E-state index >= 15 is 0 Å². The van der Waals surface area contributed by atoms with Crippen molar-refractivity contribution in [2.24, 2.45) is 23.5 Å².